The van der Waals surface area contributed by atoms with Gasteiger partial charge in [0.05, 0.1) is 26.1 Å². The molecule has 5 rings (SSSR count). The molecule has 0 saturated carbocycles. The summed E-state index contributed by atoms with van der Waals surface area (Å²) >= 11 is 0. The molecule has 0 spiro atoms. The van der Waals surface area contributed by atoms with Gasteiger partial charge in [-0.25, -0.2) is 9.97 Å². The first-order chi connectivity index (χ1) is 15.3. The number of benzene rings is 2. The number of hydrogen-bond acceptors (Lipinski definition) is 5. The van der Waals surface area contributed by atoms with E-state index in [4.69, 9.17) is 9.47 Å². The Labute approximate surface area is 179 Å². The highest BCUT2D eigenvalue weighted by Crippen LogP contribution is 2.24. The molecular weight excluding hydrogens is 392 g/mol. The predicted octanol–water partition coefficient (Wildman–Crippen LogP) is 3.31. The van der Waals surface area contributed by atoms with Crippen molar-refractivity contribution in [2.75, 3.05) is 6.61 Å². The van der Waals surface area contributed by atoms with Crippen LogP contribution in [-0.2, 0) is 22.6 Å². The molecule has 31 heavy (non-hydrogen) atoms. The van der Waals surface area contributed by atoms with Crippen LogP contribution in [0.5, 0.6) is 0 Å². The van der Waals surface area contributed by atoms with Crippen molar-refractivity contribution in [1.82, 2.24) is 19.1 Å². The lowest BCUT2D eigenvalue weighted by molar-refractivity contribution is -0.0313. The van der Waals surface area contributed by atoms with Gasteiger partial charge < -0.3 is 9.47 Å². The third-order valence-corrected chi connectivity index (χ3v) is 5.22. The molecule has 0 amide bonds. The van der Waals surface area contributed by atoms with Crippen LogP contribution in [0.3, 0.4) is 0 Å². The van der Waals surface area contributed by atoms with Gasteiger partial charge in [-0.3, -0.25) is 13.9 Å². The molecule has 2 aromatic heterocycles. The van der Waals surface area contributed by atoms with Crippen LogP contribution in [0.15, 0.2) is 90.3 Å². The Bertz CT molecular complexity index is 1250. The second-order valence-electron chi connectivity index (χ2n) is 7.44. The van der Waals surface area contributed by atoms with Crippen LogP contribution in [0.25, 0.3) is 11.2 Å². The van der Waals surface area contributed by atoms with Gasteiger partial charge in [0.25, 0.3) is 5.56 Å². The Hall–Kier alpha value is -3.55. The van der Waals surface area contributed by atoms with Crippen LogP contribution in [-0.4, -0.2) is 31.8 Å². The average molecular weight is 414 g/mol. The van der Waals surface area contributed by atoms with Gasteiger partial charge in [0.2, 0.25) is 0 Å². The Morgan fingerprint density at radius 2 is 1.65 bits per heavy atom. The third kappa shape index (κ3) is 4.19. The van der Waals surface area contributed by atoms with Gasteiger partial charge >= 0.3 is 0 Å². The molecule has 1 aliphatic rings. The van der Waals surface area contributed by atoms with E-state index in [1.807, 2.05) is 72.8 Å². The molecule has 7 nitrogen and oxygen atoms in total. The molecule has 0 saturated heterocycles. The second kappa shape index (κ2) is 8.67. The van der Waals surface area contributed by atoms with E-state index in [1.165, 1.54) is 0 Å². The van der Waals surface area contributed by atoms with Crippen LogP contribution in [0.1, 0.15) is 17.4 Å². The predicted molar refractivity (Wildman–Crippen MR) is 116 cm³/mol. The molecule has 7 heteroatoms. The summed E-state index contributed by atoms with van der Waals surface area (Å²) in [5.74, 6) is 0. The standard InChI is InChI=1S/C24H22N4O3/c29-24-22-23(26-16-27(24)13-18-7-3-1-4-8-18)28(17-25-22)21-12-11-20(31-21)15-30-14-19-9-5-2-6-10-19/h1-12,16-17,20-21H,13-15H2/t20-,21+/m0/s1. The lowest BCUT2D eigenvalue weighted by Crippen LogP contribution is -2.22. The number of rotatable bonds is 7. The number of hydrogen-bond donors (Lipinski definition) is 0. The highest BCUT2D eigenvalue weighted by Gasteiger charge is 2.23. The minimum atomic E-state index is -0.368. The normalized spacial score (nSPS) is 18.1. The van der Waals surface area contributed by atoms with Crippen LogP contribution in [0.2, 0.25) is 0 Å². The topological polar surface area (TPSA) is 71.2 Å². The molecule has 2 atom stereocenters. The Kier molecular flexibility index (Phi) is 5.43. The number of imidazole rings is 1. The van der Waals surface area contributed by atoms with E-state index in [1.54, 1.807) is 21.8 Å². The van der Waals surface area contributed by atoms with Crippen LogP contribution < -0.4 is 5.56 Å². The molecule has 0 bridgehead atoms. The smallest absolute Gasteiger partial charge is 0.281 e. The number of ether oxygens (including phenoxy) is 2. The van der Waals surface area contributed by atoms with Gasteiger partial charge in [-0.05, 0) is 17.2 Å². The maximum absolute atomic E-state index is 12.9. The summed E-state index contributed by atoms with van der Waals surface area (Å²) < 4.78 is 15.2. The summed E-state index contributed by atoms with van der Waals surface area (Å²) in [4.78, 5) is 21.7. The molecule has 0 unspecified atom stereocenters. The van der Waals surface area contributed by atoms with Crippen molar-refractivity contribution < 1.29 is 9.47 Å². The summed E-state index contributed by atoms with van der Waals surface area (Å²) in [6.45, 7) is 1.44. The van der Waals surface area contributed by atoms with E-state index >= 15 is 0 Å². The maximum Gasteiger partial charge on any atom is 0.281 e. The fourth-order valence-electron chi connectivity index (χ4n) is 3.63. The maximum atomic E-state index is 12.9. The van der Waals surface area contributed by atoms with E-state index in [9.17, 15) is 4.79 Å². The first-order valence-corrected chi connectivity index (χ1v) is 10.2. The molecule has 2 aromatic carbocycles. The van der Waals surface area contributed by atoms with Crippen LogP contribution in [0, 0.1) is 0 Å². The lowest BCUT2D eigenvalue weighted by Gasteiger charge is -2.16. The zero-order valence-electron chi connectivity index (χ0n) is 16.9. The molecule has 0 radical (unpaired) electrons. The van der Waals surface area contributed by atoms with Crippen molar-refractivity contribution in [2.45, 2.75) is 25.5 Å². The number of aromatic nitrogens is 4. The SMILES string of the molecule is O=c1c2ncn([C@H]3C=C[C@@H](COCc4ccccc4)O3)c2ncn1Cc1ccccc1. The summed E-state index contributed by atoms with van der Waals surface area (Å²) in [5, 5.41) is 0. The van der Waals surface area contributed by atoms with Gasteiger partial charge in [-0.2, -0.15) is 0 Å². The summed E-state index contributed by atoms with van der Waals surface area (Å²) in [6.07, 6.45) is 6.55. The number of fused-ring (bicyclic) bond motifs is 1. The van der Waals surface area contributed by atoms with Crippen molar-refractivity contribution in [3.8, 4) is 0 Å². The van der Waals surface area contributed by atoms with Crippen LogP contribution in [0.4, 0.5) is 0 Å². The van der Waals surface area contributed by atoms with Gasteiger partial charge in [-0.1, -0.05) is 66.7 Å². The van der Waals surface area contributed by atoms with Crippen molar-refractivity contribution in [3.05, 3.63) is 107 Å². The minimum absolute atomic E-state index is 0.162. The van der Waals surface area contributed by atoms with E-state index < -0.39 is 0 Å². The molecule has 4 aromatic rings. The molecule has 0 N–H and O–H groups in total. The highest BCUT2D eigenvalue weighted by atomic mass is 16.5. The second-order valence-corrected chi connectivity index (χ2v) is 7.44. The highest BCUT2D eigenvalue weighted by molar-refractivity contribution is 5.69. The van der Waals surface area contributed by atoms with Crippen molar-refractivity contribution >= 4 is 11.2 Å². The fourth-order valence-corrected chi connectivity index (χ4v) is 3.63. The van der Waals surface area contributed by atoms with E-state index in [0.29, 0.717) is 30.9 Å². The van der Waals surface area contributed by atoms with Crippen molar-refractivity contribution in [1.29, 1.82) is 0 Å². The average Bonchev–Trinajstić information content (AvgIpc) is 3.44. The zero-order chi connectivity index (χ0) is 21.0. The molecule has 0 aliphatic carbocycles. The van der Waals surface area contributed by atoms with Gasteiger partial charge in [0, 0.05) is 0 Å². The minimum Gasteiger partial charge on any atom is -0.374 e. The summed E-state index contributed by atoms with van der Waals surface area (Å²) in [6, 6.07) is 19.8. The zero-order valence-corrected chi connectivity index (χ0v) is 16.9. The fraction of sp³-hybridized carbons (Fsp3) is 0.208. The van der Waals surface area contributed by atoms with Gasteiger partial charge in [0.15, 0.2) is 17.4 Å². The Morgan fingerprint density at radius 1 is 0.903 bits per heavy atom. The molecule has 1 aliphatic heterocycles. The Balaban J connectivity index is 1.26. The molecule has 156 valence electrons. The molecule has 0 fully saturated rings. The van der Waals surface area contributed by atoms with Crippen molar-refractivity contribution in [2.24, 2.45) is 0 Å². The third-order valence-electron chi connectivity index (χ3n) is 5.22. The van der Waals surface area contributed by atoms with E-state index in [0.717, 1.165) is 11.1 Å². The van der Waals surface area contributed by atoms with E-state index in [2.05, 4.69) is 9.97 Å². The summed E-state index contributed by atoms with van der Waals surface area (Å²) in [5.41, 5.74) is 2.83. The first kappa shape index (κ1) is 19.4. The van der Waals surface area contributed by atoms with Gasteiger partial charge in [0.1, 0.15) is 12.4 Å². The summed E-state index contributed by atoms with van der Waals surface area (Å²) in [7, 11) is 0. The monoisotopic (exact) mass is 414 g/mol. The Morgan fingerprint density at radius 3 is 2.42 bits per heavy atom. The quantitative estimate of drug-likeness (QED) is 0.434. The first-order valence-electron chi connectivity index (χ1n) is 10.2. The number of nitrogens with zero attached hydrogens (tertiary/aromatic N) is 4. The molecular formula is C24H22N4O3. The van der Waals surface area contributed by atoms with E-state index in [-0.39, 0.29) is 17.9 Å². The molecule has 3 heterocycles. The van der Waals surface area contributed by atoms with Crippen LogP contribution >= 0.6 is 0 Å². The largest absolute Gasteiger partial charge is 0.374 e. The lowest BCUT2D eigenvalue weighted by atomic mass is 10.2. The van der Waals surface area contributed by atoms with Gasteiger partial charge in [-0.15, -0.1) is 0 Å². The van der Waals surface area contributed by atoms with Crippen molar-refractivity contribution in [3.63, 3.8) is 0 Å².